The summed E-state index contributed by atoms with van der Waals surface area (Å²) in [6, 6.07) is 13.1. The summed E-state index contributed by atoms with van der Waals surface area (Å²) in [7, 11) is -3.50. The predicted molar refractivity (Wildman–Crippen MR) is 134 cm³/mol. The minimum absolute atomic E-state index is 0.152. The van der Waals surface area contributed by atoms with Gasteiger partial charge in [-0.15, -0.1) is 0 Å². The van der Waals surface area contributed by atoms with Crippen molar-refractivity contribution in [2.24, 2.45) is 0 Å². The molecular weight excluding hydrogens is 460 g/mol. The van der Waals surface area contributed by atoms with Gasteiger partial charge in [0.05, 0.1) is 7.11 Å². The fourth-order valence-electron chi connectivity index (χ4n) is 2.63. The van der Waals surface area contributed by atoms with Gasteiger partial charge in [-0.3, -0.25) is 0 Å². The van der Waals surface area contributed by atoms with Gasteiger partial charge in [0.2, 0.25) is 0 Å². The fraction of sp³-hybridized carbons (Fsp3) is 0.500. The van der Waals surface area contributed by atoms with E-state index in [1.807, 2.05) is 0 Å². The SMILES string of the molecule is COc1cc(C)ccc1C(C)(C)C.Cc1ccc(C(C)(C)C)cc1C.N=S(=O)=O.N=S(=O)=O. The maximum atomic E-state index is 8.67. The molecule has 0 radical (unpaired) electrons. The third-order valence-electron chi connectivity index (χ3n) is 4.54. The molecule has 0 fully saturated rings. The second-order valence-corrected chi connectivity index (χ2v) is 10.4. The molecule has 7 nitrogen and oxygen atoms in total. The zero-order valence-electron chi connectivity index (χ0n) is 21.3. The van der Waals surface area contributed by atoms with E-state index in [0.717, 1.165) is 5.75 Å². The van der Waals surface area contributed by atoms with Gasteiger partial charge in [-0.2, -0.15) is 26.4 Å². The van der Waals surface area contributed by atoms with Gasteiger partial charge in [0.15, 0.2) is 0 Å². The molecular formula is C24H38N2O5S2. The van der Waals surface area contributed by atoms with Gasteiger partial charge in [-0.05, 0) is 65.5 Å². The van der Waals surface area contributed by atoms with Crippen LogP contribution in [0.3, 0.4) is 0 Å². The van der Waals surface area contributed by atoms with Gasteiger partial charge in [0.1, 0.15) is 5.75 Å². The van der Waals surface area contributed by atoms with Crippen LogP contribution in [-0.2, 0) is 31.8 Å². The summed E-state index contributed by atoms with van der Waals surface area (Å²) >= 11 is 0. The average Bonchev–Trinajstić information content (AvgIpc) is 2.61. The molecule has 0 unspecified atom stereocenters. The first-order valence-corrected chi connectivity index (χ1v) is 12.3. The third-order valence-corrected chi connectivity index (χ3v) is 4.54. The predicted octanol–water partition coefficient (Wildman–Crippen LogP) is 6.16. The van der Waals surface area contributed by atoms with Gasteiger partial charge >= 0.3 is 21.0 Å². The summed E-state index contributed by atoms with van der Waals surface area (Å²) in [6.07, 6.45) is 0. The molecule has 0 aliphatic rings. The van der Waals surface area contributed by atoms with Crippen LogP contribution >= 0.6 is 0 Å². The van der Waals surface area contributed by atoms with E-state index in [1.54, 1.807) is 7.11 Å². The Balaban J connectivity index is 0. The van der Waals surface area contributed by atoms with Crippen LogP contribution in [0.5, 0.6) is 5.75 Å². The van der Waals surface area contributed by atoms with Gasteiger partial charge in [-0.1, -0.05) is 71.9 Å². The summed E-state index contributed by atoms with van der Waals surface area (Å²) in [5.74, 6) is 0.993. The van der Waals surface area contributed by atoms with E-state index < -0.39 is 21.0 Å². The number of hydrogen-bond acceptors (Lipinski definition) is 7. The van der Waals surface area contributed by atoms with Crippen LogP contribution in [0.15, 0.2) is 36.4 Å². The monoisotopic (exact) mass is 498 g/mol. The molecule has 0 aliphatic heterocycles. The first kappa shape index (κ1) is 32.7. The van der Waals surface area contributed by atoms with Crippen LogP contribution in [0.4, 0.5) is 0 Å². The summed E-state index contributed by atoms with van der Waals surface area (Å²) in [5, 5.41) is 0. The highest BCUT2D eigenvalue weighted by Gasteiger charge is 2.18. The van der Waals surface area contributed by atoms with Crippen molar-refractivity contribution in [3.8, 4) is 5.75 Å². The lowest BCUT2D eigenvalue weighted by atomic mass is 9.85. The molecule has 2 aromatic carbocycles. The Morgan fingerprint density at radius 3 is 1.48 bits per heavy atom. The average molecular weight is 499 g/mol. The maximum Gasteiger partial charge on any atom is 0.308 e. The largest absolute Gasteiger partial charge is 0.496 e. The molecule has 2 aromatic rings. The minimum Gasteiger partial charge on any atom is -0.496 e. The number of rotatable bonds is 1. The highest BCUT2D eigenvalue weighted by atomic mass is 32.2. The van der Waals surface area contributed by atoms with Crippen LogP contribution in [0.1, 0.15) is 69.4 Å². The van der Waals surface area contributed by atoms with Crippen LogP contribution in [0.25, 0.3) is 0 Å². The van der Waals surface area contributed by atoms with Crippen molar-refractivity contribution >= 4 is 21.0 Å². The van der Waals surface area contributed by atoms with Crippen molar-refractivity contribution in [3.63, 3.8) is 0 Å². The first-order chi connectivity index (χ1) is 14.8. The molecule has 0 spiro atoms. The van der Waals surface area contributed by atoms with E-state index in [4.69, 9.17) is 31.1 Å². The molecule has 9 heteroatoms. The third kappa shape index (κ3) is 15.8. The molecule has 33 heavy (non-hydrogen) atoms. The standard InChI is InChI=1S/C12H18O.C12H18.2HNO2S/c1-9-6-7-10(12(2,3)4)11(8-9)13-5;1-9-6-7-11(8-10(9)2)12(3,4)5;2*1-4(2)3/h6-8H,1-5H3;6-8H,1-5H3;2*1H. The highest BCUT2D eigenvalue weighted by molar-refractivity contribution is 7.60. The number of hydrogen-bond donors (Lipinski definition) is 2. The first-order valence-electron chi connectivity index (χ1n) is 10.2. The minimum atomic E-state index is -2.61. The summed E-state index contributed by atoms with van der Waals surface area (Å²) in [6.45, 7) is 19.7. The van der Waals surface area contributed by atoms with E-state index >= 15 is 0 Å². The number of methoxy groups -OCH3 is 1. The van der Waals surface area contributed by atoms with Crippen LogP contribution in [0, 0.1) is 30.3 Å². The van der Waals surface area contributed by atoms with Gasteiger partial charge in [-0.25, -0.2) is 0 Å². The van der Waals surface area contributed by atoms with E-state index in [0.29, 0.717) is 0 Å². The van der Waals surface area contributed by atoms with E-state index in [2.05, 4.69) is 98.7 Å². The quantitative estimate of drug-likeness (QED) is 0.487. The van der Waals surface area contributed by atoms with Crippen molar-refractivity contribution in [2.45, 2.75) is 73.1 Å². The molecule has 0 aliphatic carbocycles. The summed E-state index contributed by atoms with van der Waals surface area (Å²) < 4.78 is 51.0. The Morgan fingerprint density at radius 2 is 1.15 bits per heavy atom. The van der Waals surface area contributed by atoms with Gasteiger partial charge in [0.25, 0.3) is 0 Å². The molecule has 0 atom stereocenters. The number of nitrogens with one attached hydrogen (secondary N) is 2. The molecule has 0 saturated carbocycles. The fourth-order valence-corrected chi connectivity index (χ4v) is 2.63. The molecule has 0 aromatic heterocycles. The lowest BCUT2D eigenvalue weighted by Crippen LogP contribution is -2.12. The molecule has 2 rings (SSSR count). The van der Waals surface area contributed by atoms with Crippen molar-refractivity contribution in [2.75, 3.05) is 7.11 Å². The van der Waals surface area contributed by atoms with E-state index in [9.17, 15) is 0 Å². The molecule has 2 N–H and O–H groups in total. The van der Waals surface area contributed by atoms with Gasteiger partial charge < -0.3 is 4.74 Å². The molecule has 0 heterocycles. The Morgan fingerprint density at radius 1 is 0.697 bits per heavy atom. The Labute approximate surface area is 202 Å². The molecule has 0 amide bonds. The van der Waals surface area contributed by atoms with Crippen molar-refractivity contribution < 1.29 is 21.6 Å². The van der Waals surface area contributed by atoms with Gasteiger partial charge in [0, 0.05) is 0 Å². The van der Waals surface area contributed by atoms with Crippen LogP contribution in [0.2, 0.25) is 0 Å². The number of benzene rings is 2. The molecule has 0 saturated heterocycles. The Kier molecular flexibility index (Phi) is 14.4. The normalized spacial score (nSPS) is 10.2. The number of ether oxygens (including phenoxy) is 1. The highest BCUT2D eigenvalue weighted by Crippen LogP contribution is 2.31. The smallest absolute Gasteiger partial charge is 0.308 e. The van der Waals surface area contributed by atoms with E-state index in [1.165, 1.54) is 27.8 Å². The zero-order chi connectivity index (χ0) is 26.6. The summed E-state index contributed by atoms with van der Waals surface area (Å²) in [4.78, 5) is 0. The van der Waals surface area contributed by atoms with Crippen molar-refractivity contribution in [1.29, 1.82) is 9.56 Å². The number of aryl methyl sites for hydroxylation is 3. The second kappa shape index (κ2) is 14.6. The lowest BCUT2D eigenvalue weighted by Gasteiger charge is -2.22. The zero-order valence-corrected chi connectivity index (χ0v) is 23.0. The van der Waals surface area contributed by atoms with Crippen LogP contribution in [-0.4, -0.2) is 23.9 Å². The maximum absolute atomic E-state index is 8.67. The lowest BCUT2D eigenvalue weighted by molar-refractivity contribution is 0.397. The Hall–Kier alpha value is -2.52. The second-order valence-electron chi connectivity index (χ2n) is 9.47. The summed E-state index contributed by atoms with van der Waals surface area (Å²) in [5.41, 5.74) is 7.12. The van der Waals surface area contributed by atoms with E-state index in [-0.39, 0.29) is 10.8 Å². The molecule has 0 bridgehead atoms. The topological polar surface area (TPSA) is 125 Å². The van der Waals surface area contributed by atoms with Crippen LogP contribution < -0.4 is 4.74 Å². The Bertz CT molecular complexity index is 1070. The van der Waals surface area contributed by atoms with Crippen molar-refractivity contribution in [3.05, 3.63) is 64.2 Å². The van der Waals surface area contributed by atoms with Crippen molar-refractivity contribution in [1.82, 2.24) is 0 Å². The molecule has 186 valence electrons.